The molecule has 4 rings (SSSR count). The summed E-state index contributed by atoms with van der Waals surface area (Å²) in [5.74, 6) is 0. The standard InChI is InChI=1S/C19H12N4OS/c20-10-13-17(22-19(25)23-18(13)24)15-12-8-4-5-9-14(12)21-16(15)11-6-2-1-3-7-11/h1-9,21H,(H2,22,23,24,25). The van der Waals surface area contributed by atoms with Gasteiger partial charge in [-0.25, -0.2) is 0 Å². The van der Waals surface area contributed by atoms with Gasteiger partial charge < -0.3 is 9.97 Å². The maximum atomic E-state index is 12.2. The average Bonchev–Trinajstić information content (AvgIpc) is 3.01. The second-order valence-corrected chi connectivity index (χ2v) is 5.96. The molecule has 0 saturated heterocycles. The van der Waals surface area contributed by atoms with Crippen LogP contribution >= 0.6 is 12.2 Å². The predicted molar refractivity (Wildman–Crippen MR) is 99.7 cm³/mol. The molecular weight excluding hydrogens is 332 g/mol. The summed E-state index contributed by atoms with van der Waals surface area (Å²) in [5, 5.41) is 10.4. The number of H-pyrrole nitrogens is 3. The van der Waals surface area contributed by atoms with Crippen LogP contribution in [0.1, 0.15) is 5.56 Å². The van der Waals surface area contributed by atoms with Gasteiger partial charge in [0, 0.05) is 16.5 Å². The number of hydrogen-bond acceptors (Lipinski definition) is 3. The van der Waals surface area contributed by atoms with E-state index < -0.39 is 5.56 Å². The van der Waals surface area contributed by atoms with E-state index in [1.807, 2.05) is 60.7 Å². The first-order valence-electron chi connectivity index (χ1n) is 7.62. The Bertz CT molecular complexity index is 1240. The third-order valence-corrected chi connectivity index (χ3v) is 4.28. The summed E-state index contributed by atoms with van der Waals surface area (Å²) < 4.78 is 0.184. The number of hydrogen-bond donors (Lipinski definition) is 3. The molecule has 2 aromatic carbocycles. The number of rotatable bonds is 2. The molecule has 0 bridgehead atoms. The molecule has 0 atom stereocenters. The Balaban J connectivity index is 2.18. The van der Waals surface area contributed by atoms with Crippen molar-refractivity contribution >= 4 is 23.1 Å². The first-order valence-corrected chi connectivity index (χ1v) is 8.03. The number of nitriles is 1. The molecule has 0 aliphatic rings. The van der Waals surface area contributed by atoms with Crippen molar-refractivity contribution in [3.8, 4) is 28.6 Å². The number of para-hydroxylation sites is 1. The molecule has 0 aliphatic carbocycles. The molecule has 0 amide bonds. The van der Waals surface area contributed by atoms with Crippen molar-refractivity contribution in [2.24, 2.45) is 0 Å². The Morgan fingerprint density at radius 3 is 2.36 bits per heavy atom. The van der Waals surface area contributed by atoms with E-state index in [0.717, 1.165) is 27.7 Å². The van der Waals surface area contributed by atoms with Crippen LogP contribution in [0.3, 0.4) is 0 Å². The molecule has 0 spiro atoms. The van der Waals surface area contributed by atoms with Gasteiger partial charge in [-0.1, -0.05) is 48.5 Å². The lowest BCUT2D eigenvalue weighted by Crippen LogP contribution is -2.13. The zero-order valence-electron chi connectivity index (χ0n) is 13.0. The quantitative estimate of drug-likeness (QED) is 0.478. The molecule has 3 N–H and O–H groups in total. The van der Waals surface area contributed by atoms with Crippen molar-refractivity contribution in [1.29, 1.82) is 5.26 Å². The lowest BCUT2D eigenvalue weighted by molar-refractivity contribution is 1.08. The van der Waals surface area contributed by atoms with Gasteiger partial charge in [0.2, 0.25) is 0 Å². The summed E-state index contributed by atoms with van der Waals surface area (Å²) in [7, 11) is 0. The Kier molecular flexibility index (Phi) is 3.56. The topological polar surface area (TPSA) is 88.2 Å². The van der Waals surface area contributed by atoms with E-state index in [1.54, 1.807) is 0 Å². The van der Waals surface area contributed by atoms with E-state index in [2.05, 4.69) is 15.0 Å². The maximum absolute atomic E-state index is 12.2. The monoisotopic (exact) mass is 344 g/mol. The molecule has 0 fully saturated rings. The van der Waals surface area contributed by atoms with Crippen LogP contribution in [0.5, 0.6) is 0 Å². The van der Waals surface area contributed by atoms with Gasteiger partial charge in [0.1, 0.15) is 11.6 Å². The summed E-state index contributed by atoms with van der Waals surface area (Å²) >= 11 is 5.12. The number of nitrogens with zero attached hydrogens (tertiary/aromatic N) is 1. The van der Waals surface area contributed by atoms with Gasteiger partial charge in [-0.05, 0) is 23.8 Å². The molecule has 6 heteroatoms. The van der Waals surface area contributed by atoms with E-state index in [-0.39, 0.29) is 10.3 Å². The fourth-order valence-electron chi connectivity index (χ4n) is 3.00. The van der Waals surface area contributed by atoms with Gasteiger partial charge >= 0.3 is 0 Å². The molecule has 0 aliphatic heterocycles. The molecule has 4 aromatic rings. The summed E-state index contributed by atoms with van der Waals surface area (Å²) in [4.78, 5) is 21.0. The Morgan fingerprint density at radius 2 is 1.60 bits per heavy atom. The van der Waals surface area contributed by atoms with Crippen LogP contribution in [0.2, 0.25) is 0 Å². The minimum absolute atomic E-state index is 0.00975. The lowest BCUT2D eigenvalue weighted by Gasteiger charge is -2.07. The number of aromatic nitrogens is 3. The highest BCUT2D eigenvalue weighted by Gasteiger charge is 2.19. The zero-order valence-corrected chi connectivity index (χ0v) is 13.8. The lowest BCUT2D eigenvalue weighted by atomic mass is 10.00. The summed E-state index contributed by atoms with van der Waals surface area (Å²) in [6, 6.07) is 19.5. The highest BCUT2D eigenvalue weighted by molar-refractivity contribution is 7.71. The molecule has 120 valence electrons. The highest BCUT2D eigenvalue weighted by Crippen LogP contribution is 2.37. The van der Waals surface area contributed by atoms with E-state index >= 15 is 0 Å². The van der Waals surface area contributed by atoms with Gasteiger partial charge in [-0.2, -0.15) is 5.26 Å². The van der Waals surface area contributed by atoms with Gasteiger partial charge in [0.15, 0.2) is 4.77 Å². The average molecular weight is 344 g/mol. The third kappa shape index (κ3) is 2.47. The van der Waals surface area contributed by atoms with Crippen LogP contribution in [0.25, 0.3) is 33.4 Å². The van der Waals surface area contributed by atoms with Crippen molar-refractivity contribution in [2.45, 2.75) is 0 Å². The Morgan fingerprint density at radius 1 is 0.880 bits per heavy atom. The molecule has 2 aromatic heterocycles. The summed E-state index contributed by atoms with van der Waals surface area (Å²) in [6.45, 7) is 0. The van der Waals surface area contributed by atoms with Crippen LogP contribution in [0.4, 0.5) is 0 Å². The van der Waals surface area contributed by atoms with Crippen molar-refractivity contribution in [1.82, 2.24) is 15.0 Å². The smallest absolute Gasteiger partial charge is 0.270 e. The Labute approximate surface area is 147 Å². The molecule has 5 nitrogen and oxygen atoms in total. The summed E-state index contributed by atoms with van der Waals surface area (Å²) in [5.41, 5.74) is 3.40. The maximum Gasteiger partial charge on any atom is 0.270 e. The zero-order chi connectivity index (χ0) is 17.4. The number of benzene rings is 2. The minimum atomic E-state index is -0.495. The van der Waals surface area contributed by atoms with Crippen LogP contribution in [0.15, 0.2) is 59.4 Å². The predicted octanol–water partition coefficient (Wildman–Crippen LogP) is 4.12. The fourth-order valence-corrected chi connectivity index (χ4v) is 3.20. The van der Waals surface area contributed by atoms with Crippen molar-refractivity contribution < 1.29 is 0 Å². The fraction of sp³-hybridized carbons (Fsp3) is 0. The van der Waals surface area contributed by atoms with Crippen LogP contribution in [-0.2, 0) is 0 Å². The van der Waals surface area contributed by atoms with E-state index in [4.69, 9.17) is 12.2 Å². The Hall–Kier alpha value is -3.43. The van der Waals surface area contributed by atoms with Crippen molar-refractivity contribution in [3.63, 3.8) is 0 Å². The SMILES string of the molecule is N#Cc1c(-c2c(-c3ccccc3)[nH]c3ccccc23)[nH]c(=S)[nH]c1=O. The van der Waals surface area contributed by atoms with Gasteiger partial charge in [-0.3, -0.25) is 9.78 Å². The third-order valence-electron chi connectivity index (χ3n) is 4.07. The second-order valence-electron chi connectivity index (χ2n) is 5.56. The molecule has 0 unspecified atom stereocenters. The second kappa shape index (κ2) is 5.89. The normalized spacial score (nSPS) is 10.7. The first-order chi connectivity index (χ1) is 12.2. The number of nitrogens with one attached hydrogen (secondary N) is 3. The van der Waals surface area contributed by atoms with Crippen LogP contribution < -0.4 is 5.56 Å². The first kappa shape index (κ1) is 15.1. The van der Waals surface area contributed by atoms with Crippen LogP contribution in [0, 0.1) is 16.1 Å². The van der Waals surface area contributed by atoms with E-state index in [0.29, 0.717) is 5.69 Å². The minimum Gasteiger partial charge on any atom is -0.354 e. The molecule has 2 heterocycles. The van der Waals surface area contributed by atoms with Crippen molar-refractivity contribution in [2.75, 3.05) is 0 Å². The molecular formula is C19H12N4OS. The van der Waals surface area contributed by atoms with E-state index in [9.17, 15) is 10.1 Å². The number of aromatic amines is 3. The van der Waals surface area contributed by atoms with Gasteiger partial charge in [0.05, 0.1) is 11.4 Å². The van der Waals surface area contributed by atoms with Crippen LogP contribution in [-0.4, -0.2) is 15.0 Å². The van der Waals surface area contributed by atoms with Crippen molar-refractivity contribution in [3.05, 3.63) is 75.3 Å². The number of fused-ring (bicyclic) bond motifs is 1. The summed E-state index contributed by atoms with van der Waals surface area (Å²) in [6.07, 6.45) is 0. The largest absolute Gasteiger partial charge is 0.354 e. The van der Waals surface area contributed by atoms with E-state index in [1.165, 1.54) is 0 Å². The van der Waals surface area contributed by atoms with Gasteiger partial charge in [-0.15, -0.1) is 0 Å². The van der Waals surface area contributed by atoms with Gasteiger partial charge in [0.25, 0.3) is 5.56 Å². The molecule has 0 radical (unpaired) electrons. The molecule has 0 saturated carbocycles. The molecule has 25 heavy (non-hydrogen) atoms. The highest BCUT2D eigenvalue weighted by atomic mass is 32.1.